The molecule has 90 valence electrons. The second kappa shape index (κ2) is 4.96. The largest absolute Gasteiger partial charge is 0.313 e. The standard InChI is InChI=1S/C12H13BrFN3/c1-8(2)6-17-7-15-16-12(17)10-5-9(13)3-4-11(10)14/h3-5,7-8H,6H2,1-2H3. The third-order valence-corrected chi connectivity index (χ3v) is 2.84. The van der Waals surface area contributed by atoms with E-state index in [2.05, 4.69) is 40.0 Å². The molecule has 0 saturated heterocycles. The lowest BCUT2D eigenvalue weighted by molar-refractivity contribution is 0.523. The maximum absolute atomic E-state index is 13.7. The summed E-state index contributed by atoms with van der Waals surface area (Å²) in [6.45, 7) is 4.97. The van der Waals surface area contributed by atoms with E-state index in [1.54, 1.807) is 18.5 Å². The molecule has 17 heavy (non-hydrogen) atoms. The van der Waals surface area contributed by atoms with E-state index in [0.717, 1.165) is 11.0 Å². The van der Waals surface area contributed by atoms with Gasteiger partial charge >= 0.3 is 0 Å². The summed E-state index contributed by atoms with van der Waals surface area (Å²) in [4.78, 5) is 0. The maximum Gasteiger partial charge on any atom is 0.166 e. The summed E-state index contributed by atoms with van der Waals surface area (Å²) < 4.78 is 16.4. The van der Waals surface area contributed by atoms with Gasteiger partial charge in [0.15, 0.2) is 5.82 Å². The highest BCUT2D eigenvalue weighted by Gasteiger charge is 2.13. The number of halogens is 2. The van der Waals surface area contributed by atoms with Crippen molar-refractivity contribution in [3.8, 4) is 11.4 Å². The van der Waals surface area contributed by atoms with E-state index in [9.17, 15) is 4.39 Å². The number of benzene rings is 1. The van der Waals surface area contributed by atoms with Gasteiger partial charge in [-0.2, -0.15) is 0 Å². The monoisotopic (exact) mass is 297 g/mol. The van der Waals surface area contributed by atoms with E-state index in [-0.39, 0.29) is 5.82 Å². The highest BCUT2D eigenvalue weighted by molar-refractivity contribution is 9.10. The summed E-state index contributed by atoms with van der Waals surface area (Å²) >= 11 is 3.33. The average Bonchev–Trinajstić information content (AvgIpc) is 2.69. The fourth-order valence-electron chi connectivity index (χ4n) is 1.66. The Kier molecular flexibility index (Phi) is 3.57. The zero-order valence-electron chi connectivity index (χ0n) is 9.69. The van der Waals surface area contributed by atoms with Crippen molar-refractivity contribution in [2.24, 2.45) is 5.92 Å². The minimum atomic E-state index is -0.286. The molecule has 5 heteroatoms. The van der Waals surface area contributed by atoms with E-state index in [1.165, 1.54) is 6.07 Å². The van der Waals surface area contributed by atoms with E-state index < -0.39 is 0 Å². The van der Waals surface area contributed by atoms with Crippen LogP contribution in [0.3, 0.4) is 0 Å². The van der Waals surface area contributed by atoms with Crippen LogP contribution in [0.25, 0.3) is 11.4 Å². The lowest BCUT2D eigenvalue weighted by atomic mass is 10.2. The molecule has 0 aliphatic carbocycles. The van der Waals surface area contributed by atoms with Gasteiger partial charge in [-0.05, 0) is 24.1 Å². The van der Waals surface area contributed by atoms with Crippen LogP contribution in [0.5, 0.6) is 0 Å². The summed E-state index contributed by atoms with van der Waals surface area (Å²) in [5.41, 5.74) is 0.470. The van der Waals surface area contributed by atoms with Gasteiger partial charge in [0, 0.05) is 11.0 Å². The Morgan fingerprint density at radius 2 is 2.18 bits per heavy atom. The first kappa shape index (κ1) is 12.2. The molecule has 2 rings (SSSR count). The van der Waals surface area contributed by atoms with Crippen LogP contribution in [0.2, 0.25) is 0 Å². The number of aromatic nitrogens is 3. The van der Waals surface area contributed by atoms with E-state index in [4.69, 9.17) is 0 Å². The predicted molar refractivity (Wildman–Crippen MR) is 68.0 cm³/mol. The molecular formula is C12H13BrFN3. The van der Waals surface area contributed by atoms with Crippen molar-refractivity contribution in [2.75, 3.05) is 0 Å². The topological polar surface area (TPSA) is 30.7 Å². The van der Waals surface area contributed by atoms with Gasteiger partial charge in [0.05, 0.1) is 5.56 Å². The lowest BCUT2D eigenvalue weighted by Crippen LogP contribution is -2.05. The highest BCUT2D eigenvalue weighted by atomic mass is 79.9. The van der Waals surface area contributed by atoms with E-state index in [1.807, 2.05) is 4.57 Å². The Balaban J connectivity index is 2.45. The molecule has 0 radical (unpaired) electrons. The van der Waals surface area contributed by atoms with Crippen LogP contribution in [0, 0.1) is 11.7 Å². The average molecular weight is 298 g/mol. The van der Waals surface area contributed by atoms with Crippen LogP contribution in [-0.2, 0) is 6.54 Å². The molecule has 0 aliphatic rings. The van der Waals surface area contributed by atoms with Crippen LogP contribution in [0.4, 0.5) is 4.39 Å². The number of rotatable bonds is 3. The molecule has 0 fully saturated rings. The third-order valence-electron chi connectivity index (χ3n) is 2.35. The molecule has 1 heterocycles. The first-order valence-corrected chi connectivity index (χ1v) is 6.20. The maximum atomic E-state index is 13.7. The van der Waals surface area contributed by atoms with Gasteiger partial charge in [-0.15, -0.1) is 10.2 Å². The summed E-state index contributed by atoms with van der Waals surface area (Å²) in [6, 6.07) is 4.81. The smallest absolute Gasteiger partial charge is 0.166 e. The minimum absolute atomic E-state index is 0.286. The molecule has 1 aromatic heterocycles. The highest BCUT2D eigenvalue weighted by Crippen LogP contribution is 2.24. The Morgan fingerprint density at radius 3 is 2.88 bits per heavy atom. The number of hydrogen-bond donors (Lipinski definition) is 0. The first-order valence-electron chi connectivity index (χ1n) is 5.41. The van der Waals surface area contributed by atoms with Gasteiger partial charge in [-0.1, -0.05) is 29.8 Å². The molecule has 1 aromatic carbocycles. The predicted octanol–water partition coefficient (Wildman–Crippen LogP) is 3.50. The normalized spacial score (nSPS) is 11.1. The van der Waals surface area contributed by atoms with Crippen LogP contribution < -0.4 is 0 Å². The van der Waals surface area contributed by atoms with Crippen molar-refractivity contribution in [3.05, 3.63) is 34.8 Å². The Morgan fingerprint density at radius 1 is 1.41 bits per heavy atom. The van der Waals surface area contributed by atoms with Gasteiger partial charge in [-0.25, -0.2) is 4.39 Å². The molecule has 0 aliphatic heterocycles. The van der Waals surface area contributed by atoms with Gasteiger partial charge < -0.3 is 4.57 Å². The lowest BCUT2D eigenvalue weighted by Gasteiger charge is -2.09. The van der Waals surface area contributed by atoms with Gasteiger partial charge in [0.25, 0.3) is 0 Å². The second-order valence-corrected chi connectivity index (χ2v) is 5.24. The van der Waals surface area contributed by atoms with E-state index in [0.29, 0.717) is 17.3 Å². The van der Waals surface area contributed by atoms with Crippen LogP contribution in [0.1, 0.15) is 13.8 Å². The summed E-state index contributed by atoms with van der Waals surface area (Å²) in [5, 5.41) is 7.85. The van der Waals surface area contributed by atoms with Crippen molar-refractivity contribution in [1.82, 2.24) is 14.8 Å². The minimum Gasteiger partial charge on any atom is -0.313 e. The Labute approximate surface area is 108 Å². The quantitative estimate of drug-likeness (QED) is 0.868. The molecular weight excluding hydrogens is 285 g/mol. The second-order valence-electron chi connectivity index (χ2n) is 4.32. The first-order chi connectivity index (χ1) is 8.08. The SMILES string of the molecule is CC(C)Cn1cnnc1-c1cc(Br)ccc1F. The van der Waals surface area contributed by atoms with Crippen LogP contribution >= 0.6 is 15.9 Å². The molecule has 0 spiro atoms. The zero-order valence-corrected chi connectivity index (χ0v) is 11.3. The molecule has 2 aromatic rings. The summed E-state index contributed by atoms with van der Waals surface area (Å²) in [7, 11) is 0. The fourth-order valence-corrected chi connectivity index (χ4v) is 2.02. The van der Waals surface area contributed by atoms with Gasteiger partial charge in [0.1, 0.15) is 12.1 Å². The number of hydrogen-bond acceptors (Lipinski definition) is 2. The Bertz CT molecular complexity index is 522. The van der Waals surface area contributed by atoms with Crippen molar-refractivity contribution < 1.29 is 4.39 Å². The third kappa shape index (κ3) is 2.72. The summed E-state index contributed by atoms with van der Waals surface area (Å²) in [5.74, 6) is 0.740. The molecule has 0 bridgehead atoms. The summed E-state index contributed by atoms with van der Waals surface area (Å²) in [6.07, 6.45) is 1.63. The van der Waals surface area contributed by atoms with Crippen molar-refractivity contribution in [3.63, 3.8) is 0 Å². The molecule has 3 nitrogen and oxygen atoms in total. The molecule has 0 amide bonds. The van der Waals surface area contributed by atoms with Crippen LogP contribution in [0.15, 0.2) is 29.0 Å². The molecule has 0 unspecified atom stereocenters. The Hall–Kier alpha value is -1.23. The fraction of sp³-hybridized carbons (Fsp3) is 0.333. The van der Waals surface area contributed by atoms with Gasteiger partial charge in [0.2, 0.25) is 0 Å². The van der Waals surface area contributed by atoms with Crippen molar-refractivity contribution >= 4 is 15.9 Å². The number of nitrogens with zero attached hydrogens (tertiary/aromatic N) is 3. The van der Waals surface area contributed by atoms with Gasteiger partial charge in [-0.3, -0.25) is 0 Å². The molecule has 0 saturated carbocycles. The van der Waals surface area contributed by atoms with Crippen molar-refractivity contribution in [1.29, 1.82) is 0 Å². The van der Waals surface area contributed by atoms with E-state index >= 15 is 0 Å². The zero-order chi connectivity index (χ0) is 12.4. The molecule has 0 N–H and O–H groups in total. The molecule has 0 atom stereocenters. The van der Waals surface area contributed by atoms with Crippen LogP contribution in [-0.4, -0.2) is 14.8 Å². The van der Waals surface area contributed by atoms with Crippen molar-refractivity contribution in [2.45, 2.75) is 20.4 Å².